The predicted molar refractivity (Wildman–Crippen MR) is 126 cm³/mol. The molecular formula is C25H21F3N2O3S. The molecule has 3 aromatic carbocycles. The summed E-state index contributed by atoms with van der Waals surface area (Å²) in [5.41, 5.74) is 1.93. The maximum absolute atomic E-state index is 13.1. The van der Waals surface area contributed by atoms with Gasteiger partial charge in [-0.15, -0.1) is 0 Å². The number of aromatic nitrogens is 1. The summed E-state index contributed by atoms with van der Waals surface area (Å²) < 4.78 is 45.1. The Labute approximate surface area is 198 Å². The van der Waals surface area contributed by atoms with Crippen molar-refractivity contribution >= 4 is 32.7 Å². The Morgan fingerprint density at radius 1 is 1.03 bits per heavy atom. The van der Waals surface area contributed by atoms with Gasteiger partial charge in [0, 0.05) is 13.1 Å². The second-order valence-electron chi connectivity index (χ2n) is 7.70. The first-order valence-electron chi connectivity index (χ1n) is 10.4. The molecule has 176 valence electrons. The lowest BCUT2D eigenvalue weighted by Gasteiger charge is -2.22. The van der Waals surface area contributed by atoms with Crippen molar-refractivity contribution in [1.82, 2.24) is 4.98 Å². The molecule has 0 aliphatic carbocycles. The Bertz CT molecular complexity index is 1290. The molecule has 4 rings (SSSR count). The molecule has 0 unspecified atom stereocenters. The lowest BCUT2D eigenvalue weighted by Crippen LogP contribution is -2.25. The average molecular weight is 487 g/mol. The van der Waals surface area contributed by atoms with Crippen LogP contribution in [-0.4, -0.2) is 29.7 Å². The number of anilines is 1. The van der Waals surface area contributed by atoms with Crippen molar-refractivity contribution in [3.05, 3.63) is 89.0 Å². The van der Waals surface area contributed by atoms with Crippen LogP contribution in [0, 0.1) is 0 Å². The second-order valence-corrected chi connectivity index (χ2v) is 8.71. The third-order valence-electron chi connectivity index (χ3n) is 5.38. The predicted octanol–water partition coefficient (Wildman–Crippen LogP) is 6.27. The van der Waals surface area contributed by atoms with E-state index < -0.39 is 17.7 Å². The molecule has 0 bridgehead atoms. The van der Waals surface area contributed by atoms with Gasteiger partial charge in [0.1, 0.15) is 5.75 Å². The van der Waals surface area contributed by atoms with E-state index in [9.17, 15) is 18.0 Å². The monoisotopic (exact) mass is 486 g/mol. The summed E-state index contributed by atoms with van der Waals surface area (Å²) in [5, 5.41) is 9.74. The summed E-state index contributed by atoms with van der Waals surface area (Å²) in [5.74, 6) is -0.250. The van der Waals surface area contributed by atoms with Crippen molar-refractivity contribution in [1.29, 1.82) is 0 Å². The maximum atomic E-state index is 13.1. The summed E-state index contributed by atoms with van der Waals surface area (Å²) in [4.78, 5) is 17.7. The first-order chi connectivity index (χ1) is 16.2. The number of ether oxygens (including phenoxy) is 1. The number of carboxylic acids is 1. The minimum Gasteiger partial charge on any atom is -0.497 e. The molecule has 0 amide bonds. The number of aromatic carboxylic acids is 1. The third kappa shape index (κ3) is 5.48. The van der Waals surface area contributed by atoms with Gasteiger partial charge in [0.15, 0.2) is 5.13 Å². The van der Waals surface area contributed by atoms with Crippen LogP contribution >= 0.6 is 11.3 Å². The van der Waals surface area contributed by atoms with Crippen molar-refractivity contribution in [2.45, 2.75) is 19.1 Å². The van der Waals surface area contributed by atoms with Gasteiger partial charge in [0.2, 0.25) is 0 Å². The Morgan fingerprint density at radius 3 is 2.32 bits per heavy atom. The van der Waals surface area contributed by atoms with Crippen LogP contribution in [-0.2, 0) is 19.1 Å². The van der Waals surface area contributed by atoms with E-state index in [2.05, 4.69) is 4.98 Å². The first-order valence-corrected chi connectivity index (χ1v) is 11.2. The highest BCUT2D eigenvalue weighted by Gasteiger charge is 2.31. The van der Waals surface area contributed by atoms with Crippen molar-refractivity contribution in [2.24, 2.45) is 0 Å². The molecule has 0 radical (unpaired) electrons. The van der Waals surface area contributed by atoms with Crippen LogP contribution in [0.25, 0.3) is 10.2 Å². The van der Waals surface area contributed by atoms with E-state index in [1.807, 2.05) is 29.2 Å². The molecule has 4 aromatic rings. The molecule has 1 N–H and O–H groups in total. The number of nitrogens with zero attached hydrogens (tertiary/aromatic N) is 2. The summed E-state index contributed by atoms with van der Waals surface area (Å²) >= 11 is 1.20. The molecule has 1 aromatic heterocycles. The number of methoxy groups -OCH3 is 1. The van der Waals surface area contributed by atoms with Crippen molar-refractivity contribution in [3.8, 4) is 5.75 Å². The zero-order valence-electron chi connectivity index (χ0n) is 18.2. The molecule has 34 heavy (non-hydrogen) atoms. The van der Waals surface area contributed by atoms with Crippen LogP contribution in [0.3, 0.4) is 0 Å². The molecular weight excluding hydrogens is 465 g/mol. The zero-order valence-corrected chi connectivity index (χ0v) is 19.0. The van der Waals surface area contributed by atoms with E-state index in [-0.39, 0.29) is 5.56 Å². The second kappa shape index (κ2) is 9.72. The van der Waals surface area contributed by atoms with Crippen molar-refractivity contribution < 1.29 is 27.8 Å². The van der Waals surface area contributed by atoms with Crippen LogP contribution in [0.1, 0.15) is 27.0 Å². The Hall–Kier alpha value is -3.59. The molecule has 0 aliphatic rings. The van der Waals surface area contributed by atoms with Gasteiger partial charge in [-0.1, -0.05) is 35.6 Å². The molecule has 1 heterocycles. The van der Waals surface area contributed by atoms with Gasteiger partial charge < -0.3 is 14.7 Å². The van der Waals surface area contributed by atoms with Crippen LogP contribution < -0.4 is 9.64 Å². The molecule has 0 fully saturated rings. The number of hydrogen-bond acceptors (Lipinski definition) is 5. The molecule has 5 nitrogen and oxygen atoms in total. The summed E-state index contributed by atoms with van der Waals surface area (Å²) in [6.07, 6.45) is -3.74. The van der Waals surface area contributed by atoms with Gasteiger partial charge in [0.05, 0.1) is 28.5 Å². The number of carbonyl (C=O) groups is 1. The number of hydrogen-bond donors (Lipinski definition) is 1. The van der Waals surface area contributed by atoms with Gasteiger partial charge in [-0.25, -0.2) is 9.78 Å². The van der Waals surface area contributed by atoms with E-state index in [1.54, 1.807) is 19.2 Å². The number of alkyl halides is 3. The van der Waals surface area contributed by atoms with Gasteiger partial charge in [-0.05, 0) is 60.0 Å². The number of thiazole rings is 1. The van der Waals surface area contributed by atoms with Crippen LogP contribution in [0.2, 0.25) is 0 Å². The Morgan fingerprint density at radius 2 is 1.71 bits per heavy atom. The average Bonchev–Trinajstić information content (AvgIpc) is 3.25. The lowest BCUT2D eigenvalue weighted by atomic mass is 10.1. The number of benzene rings is 3. The van der Waals surface area contributed by atoms with Gasteiger partial charge in [-0.3, -0.25) is 0 Å². The fraction of sp³-hybridized carbons (Fsp3) is 0.200. The van der Waals surface area contributed by atoms with Crippen LogP contribution in [0.5, 0.6) is 5.75 Å². The van der Waals surface area contributed by atoms with Gasteiger partial charge in [0.25, 0.3) is 0 Å². The van der Waals surface area contributed by atoms with Crippen molar-refractivity contribution in [3.63, 3.8) is 0 Å². The Kier molecular flexibility index (Phi) is 6.74. The normalized spacial score (nSPS) is 11.5. The number of fused-ring (bicyclic) bond motifs is 1. The van der Waals surface area contributed by atoms with Gasteiger partial charge in [-0.2, -0.15) is 13.2 Å². The quantitative estimate of drug-likeness (QED) is 0.318. The molecule has 0 spiro atoms. The number of carboxylic acid groups (broad SMARTS) is 1. The molecule has 0 saturated carbocycles. The van der Waals surface area contributed by atoms with Crippen LogP contribution in [0.4, 0.5) is 18.3 Å². The fourth-order valence-corrected chi connectivity index (χ4v) is 4.53. The highest BCUT2D eigenvalue weighted by Crippen LogP contribution is 2.35. The van der Waals surface area contributed by atoms with E-state index >= 15 is 0 Å². The lowest BCUT2D eigenvalue weighted by molar-refractivity contribution is -0.137. The standard InChI is InChI=1S/C25H21F3N2O3S/c1-33-20-9-4-16(5-10-20)12-13-30(15-17-2-6-18(7-3-17)23(31)32)24-29-21-11-8-19(25(26,27)28)14-22(21)34-24/h2-11,14H,12-13,15H2,1H3,(H,31,32). The third-order valence-corrected chi connectivity index (χ3v) is 6.46. The van der Waals surface area contributed by atoms with Crippen molar-refractivity contribution in [2.75, 3.05) is 18.6 Å². The van der Waals surface area contributed by atoms with E-state index in [0.29, 0.717) is 34.9 Å². The first kappa shape index (κ1) is 23.6. The maximum Gasteiger partial charge on any atom is 0.416 e. The van der Waals surface area contributed by atoms with E-state index in [0.717, 1.165) is 29.0 Å². The highest BCUT2D eigenvalue weighted by atomic mass is 32.1. The van der Waals surface area contributed by atoms with E-state index in [4.69, 9.17) is 9.84 Å². The topological polar surface area (TPSA) is 62.7 Å². The SMILES string of the molecule is COc1ccc(CCN(Cc2ccc(C(=O)O)cc2)c2nc3ccc(C(F)(F)F)cc3s2)cc1. The van der Waals surface area contributed by atoms with E-state index in [1.165, 1.54) is 29.5 Å². The number of halogens is 3. The fourth-order valence-electron chi connectivity index (χ4n) is 3.50. The summed E-state index contributed by atoms with van der Waals surface area (Å²) in [7, 11) is 1.60. The van der Waals surface area contributed by atoms with Gasteiger partial charge >= 0.3 is 12.1 Å². The minimum atomic E-state index is -4.42. The Balaban J connectivity index is 1.62. The molecule has 0 atom stereocenters. The molecule has 0 aliphatic heterocycles. The summed E-state index contributed by atoms with van der Waals surface area (Å²) in [6, 6.07) is 17.8. The largest absolute Gasteiger partial charge is 0.497 e. The summed E-state index contributed by atoms with van der Waals surface area (Å²) in [6.45, 7) is 1.00. The number of rotatable bonds is 8. The molecule has 9 heteroatoms. The smallest absolute Gasteiger partial charge is 0.416 e. The minimum absolute atomic E-state index is 0.188. The highest BCUT2D eigenvalue weighted by molar-refractivity contribution is 7.22. The molecule has 0 saturated heterocycles. The van der Waals surface area contributed by atoms with Crippen LogP contribution in [0.15, 0.2) is 66.7 Å². The zero-order chi connectivity index (χ0) is 24.3.